The van der Waals surface area contributed by atoms with Crippen molar-refractivity contribution >= 4 is 11.3 Å². The summed E-state index contributed by atoms with van der Waals surface area (Å²) in [6.07, 6.45) is 6.39. The second kappa shape index (κ2) is 3.87. The number of rotatable bonds is 1. The Morgan fingerprint density at radius 2 is 2.33 bits per heavy atom. The van der Waals surface area contributed by atoms with E-state index in [-0.39, 0.29) is 0 Å². The zero-order valence-corrected chi connectivity index (χ0v) is 10.1. The molecule has 0 amide bonds. The van der Waals surface area contributed by atoms with Gasteiger partial charge in [0.2, 0.25) is 0 Å². The van der Waals surface area contributed by atoms with Gasteiger partial charge < -0.3 is 5.32 Å². The van der Waals surface area contributed by atoms with Gasteiger partial charge in [0.15, 0.2) is 0 Å². The first kappa shape index (κ1) is 9.79. The molecule has 2 unspecified atom stereocenters. The van der Waals surface area contributed by atoms with Crippen molar-refractivity contribution < 1.29 is 0 Å². The smallest absolute Gasteiger partial charge is 0.110 e. The third-order valence-corrected chi connectivity index (χ3v) is 4.79. The zero-order valence-electron chi connectivity index (χ0n) is 9.25. The van der Waals surface area contributed by atoms with Crippen LogP contribution in [0, 0.1) is 5.92 Å². The van der Waals surface area contributed by atoms with Crippen molar-refractivity contribution in [3.63, 3.8) is 0 Å². The molecule has 2 atom stereocenters. The second-order valence-corrected chi connectivity index (χ2v) is 6.03. The van der Waals surface area contributed by atoms with E-state index in [0.29, 0.717) is 6.04 Å². The quantitative estimate of drug-likeness (QED) is 0.790. The molecule has 1 N–H and O–H groups in total. The fourth-order valence-electron chi connectivity index (χ4n) is 2.60. The lowest BCUT2D eigenvalue weighted by Crippen LogP contribution is -2.12. The Labute approximate surface area is 95.1 Å². The van der Waals surface area contributed by atoms with Gasteiger partial charge in [-0.05, 0) is 44.6 Å². The number of hydrogen-bond acceptors (Lipinski definition) is 3. The molecule has 3 heteroatoms. The van der Waals surface area contributed by atoms with E-state index in [4.69, 9.17) is 4.98 Å². The summed E-state index contributed by atoms with van der Waals surface area (Å²) >= 11 is 1.96. The maximum Gasteiger partial charge on any atom is 0.110 e. The Kier molecular flexibility index (Phi) is 2.53. The molecule has 0 saturated carbocycles. The minimum absolute atomic E-state index is 0.566. The van der Waals surface area contributed by atoms with Crippen molar-refractivity contribution in [3.05, 3.63) is 15.6 Å². The average Bonchev–Trinajstić information content (AvgIpc) is 2.84. The predicted molar refractivity (Wildman–Crippen MR) is 63.3 cm³/mol. The molecule has 15 heavy (non-hydrogen) atoms. The van der Waals surface area contributed by atoms with E-state index in [2.05, 4.69) is 12.2 Å². The van der Waals surface area contributed by atoms with Gasteiger partial charge in [0, 0.05) is 4.88 Å². The third kappa shape index (κ3) is 1.83. The summed E-state index contributed by atoms with van der Waals surface area (Å²) in [5.41, 5.74) is 1.40. The maximum absolute atomic E-state index is 4.82. The molecule has 1 aliphatic carbocycles. The number of nitrogens with one attached hydrogen (secondary N) is 1. The van der Waals surface area contributed by atoms with Crippen LogP contribution in [0.3, 0.4) is 0 Å². The lowest BCUT2D eigenvalue weighted by molar-refractivity contribution is 0.500. The molecule has 2 heterocycles. The second-order valence-electron chi connectivity index (χ2n) is 4.92. The van der Waals surface area contributed by atoms with Crippen molar-refractivity contribution in [1.29, 1.82) is 0 Å². The molecular formula is C12H18N2S. The highest BCUT2D eigenvalue weighted by atomic mass is 32.1. The molecule has 1 aromatic rings. The zero-order chi connectivity index (χ0) is 10.3. The highest BCUT2D eigenvalue weighted by molar-refractivity contribution is 7.11. The van der Waals surface area contributed by atoms with Gasteiger partial charge >= 0.3 is 0 Å². The largest absolute Gasteiger partial charge is 0.308 e. The van der Waals surface area contributed by atoms with Crippen LogP contribution in [-0.2, 0) is 12.8 Å². The van der Waals surface area contributed by atoms with Gasteiger partial charge in [-0.2, -0.15) is 0 Å². The standard InChI is InChI=1S/C12H18N2S/c1-8-4-5-9-11(7-8)15-12(14-9)10-3-2-6-13-10/h8,10,13H,2-7H2,1H3. The first-order chi connectivity index (χ1) is 7.33. The van der Waals surface area contributed by atoms with Gasteiger partial charge in [-0.15, -0.1) is 11.3 Å². The van der Waals surface area contributed by atoms with Crippen LogP contribution < -0.4 is 5.32 Å². The summed E-state index contributed by atoms with van der Waals surface area (Å²) < 4.78 is 0. The molecule has 82 valence electrons. The summed E-state index contributed by atoms with van der Waals surface area (Å²) in [6.45, 7) is 3.53. The van der Waals surface area contributed by atoms with E-state index in [1.807, 2.05) is 11.3 Å². The molecule has 0 aromatic carbocycles. The molecule has 3 rings (SSSR count). The van der Waals surface area contributed by atoms with Crippen molar-refractivity contribution in [3.8, 4) is 0 Å². The van der Waals surface area contributed by atoms with E-state index in [1.165, 1.54) is 49.4 Å². The molecule has 1 fully saturated rings. The van der Waals surface area contributed by atoms with E-state index < -0.39 is 0 Å². The minimum atomic E-state index is 0.566. The summed E-state index contributed by atoms with van der Waals surface area (Å²) in [6, 6.07) is 0.566. The van der Waals surface area contributed by atoms with Gasteiger partial charge in [0.05, 0.1) is 11.7 Å². The molecule has 2 nitrogen and oxygen atoms in total. The van der Waals surface area contributed by atoms with Crippen LogP contribution in [0.4, 0.5) is 0 Å². The number of thiazole rings is 1. The van der Waals surface area contributed by atoms with Crippen LogP contribution in [0.5, 0.6) is 0 Å². The average molecular weight is 222 g/mol. The molecule has 1 aliphatic heterocycles. The Hall–Kier alpha value is -0.410. The van der Waals surface area contributed by atoms with Gasteiger partial charge in [-0.25, -0.2) is 4.98 Å². The highest BCUT2D eigenvalue weighted by Gasteiger charge is 2.24. The van der Waals surface area contributed by atoms with E-state index in [9.17, 15) is 0 Å². The summed E-state index contributed by atoms with van der Waals surface area (Å²) in [5, 5.41) is 4.89. The number of aromatic nitrogens is 1. The first-order valence-corrected chi connectivity index (χ1v) is 6.86. The molecule has 1 saturated heterocycles. The van der Waals surface area contributed by atoms with Crippen LogP contribution >= 0.6 is 11.3 Å². The van der Waals surface area contributed by atoms with Crippen molar-refractivity contribution in [2.24, 2.45) is 5.92 Å². The van der Waals surface area contributed by atoms with E-state index in [0.717, 1.165) is 5.92 Å². The van der Waals surface area contributed by atoms with Gasteiger partial charge in [0.25, 0.3) is 0 Å². The molecule has 0 radical (unpaired) electrons. The Morgan fingerprint density at radius 1 is 1.40 bits per heavy atom. The summed E-state index contributed by atoms with van der Waals surface area (Å²) in [7, 11) is 0. The Morgan fingerprint density at radius 3 is 3.13 bits per heavy atom. The molecule has 2 aliphatic rings. The molecule has 0 spiro atoms. The van der Waals surface area contributed by atoms with Crippen LogP contribution in [0.1, 0.15) is 47.8 Å². The van der Waals surface area contributed by atoms with Crippen molar-refractivity contribution in [2.75, 3.05) is 6.54 Å². The van der Waals surface area contributed by atoms with Crippen LogP contribution in [0.2, 0.25) is 0 Å². The Balaban J connectivity index is 1.85. The van der Waals surface area contributed by atoms with E-state index in [1.54, 1.807) is 4.88 Å². The monoisotopic (exact) mass is 222 g/mol. The third-order valence-electron chi connectivity index (χ3n) is 3.56. The number of hydrogen-bond donors (Lipinski definition) is 1. The molecule has 1 aromatic heterocycles. The first-order valence-electron chi connectivity index (χ1n) is 6.05. The number of nitrogens with zero attached hydrogens (tertiary/aromatic N) is 1. The van der Waals surface area contributed by atoms with Crippen LogP contribution in [-0.4, -0.2) is 11.5 Å². The van der Waals surface area contributed by atoms with Crippen LogP contribution in [0.25, 0.3) is 0 Å². The highest BCUT2D eigenvalue weighted by Crippen LogP contribution is 2.34. The predicted octanol–water partition coefficient (Wildman–Crippen LogP) is 2.69. The number of fused-ring (bicyclic) bond motifs is 1. The van der Waals surface area contributed by atoms with Gasteiger partial charge in [0.1, 0.15) is 5.01 Å². The van der Waals surface area contributed by atoms with Crippen molar-refractivity contribution in [1.82, 2.24) is 10.3 Å². The minimum Gasteiger partial charge on any atom is -0.308 e. The molecule has 0 bridgehead atoms. The SMILES string of the molecule is CC1CCc2nc(C3CCCN3)sc2C1. The number of aryl methyl sites for hydroxylation is 1. The van der Waals surface area contributed by atoms with E-state index >= 15 is 0 Å². The Bertz CT molecular complexity index is 353. The fourth-order valence-corrected chi connectivity index (χ4v) is 3.99. The topological polar surface area (TPSA) is 24.9 Å². The van der Waals surface area contributed by atoms with Gasteiger partial charge in [-0.1, -0.05) is 6.92 Å². The molecular weight excluding hydrogens is 204 g/mol. The van der Waals surface area contributed by atoms with Crippen LogP contribution in [0.15, 0.2) is 0 Å². The van der Waals surface area contributed by atoms with Gasteiger partial charge in [-0.3, -0.25) is 0 Å². The fraction of sp³-hybridized carbons (Fsp3) is 0.750. The lowest BCUT2D eigenvalue weighted by atomic mass is 9.93. The van der Waals surface area contributed by atoms with Crippen molar-refractivity contribution in [2.45, 2.75) is 45.1 Å². The maximum atomic E-state index is 4.82. The summed E-state index contributed by atoms with van der Waals surface area (Å²) in [5.74, 6) is 0.863. The lowest BCUT2D eigenvalue weighted by Gasteiger charge is -2.15. The normalized spacial score (nSPS) is 30.5. The summed E-state index contributed by atoms with van der Waals surface area (Å²) in [4.78, 5) is 6.39.